The molecule has 2 fully saturated rings. The fourth-order valence-electron chi connectivity index (χ4n) is 3.48. The van der Waals surface area contributed by atoms with Crippen LogP contribution in [0.2, 0.25) is 0 Å². The molecule has 23 heavy (non-hydrogen) atoms. The topological polar surface area (TPSA) is 65.5 Å². The van der Waals surface area contributed by atoms with Crippen LogP contribution >= 0.6 is 0 Å². The van der Waals surface area contributed by atoms with E-state index >= 15 is 0 Å². The second-order valence-corrected chi connectivity index (χ2v) is 8.23. The number of aromatic nitrogens is 1. The first-order valence-corrected chi connectivity index (χ1v) is 9.99. The Bertz CT molecular complexity index is 611. The van der Waals surface area contributed by atoms with Crippen LogP contribution < -0.4 is 5.32 Å². The van der Waals surface area contributed by atoms with E-state index in [1.165, 1.54) is 25.6 Å². The Balaban J connectivity index is 1.61. The lowest BCUT2D eigenvalue weighted by molar-refractivity contribution is 0.277. The molecule has 0 unspecified atom stereocenters. The predicted octanol–water partition coefficient (Wildman–Crippen LogP) is 1.76. The second-order valence-electron chi connectivity index (χ2n) is 6.30. The molecule has 2 saturated heterocycles. The standard InChI is InChI=1S/C16H26N4O2S/c1-2-19-9-5-6-14(19)12-17-16-8-7-15(13-18-16)23(21,22)20-10-3-4-11-20/h7-8,13-14H,2-6,9-12H2,1H3,(H,17,18)/t14-/m0/s1. The van der Waals surface area contributed by atoms with E-state index in [2.05, 4.69) is 22.1 Å². The Morgan fingerprint density at radius 3 is 2.65 bits per heavy atom. The van der Waals surface area contributed by atoms with Crippen LogP contribution in [0.3, 0.4) is 0 Å². The first-order chi connectivity index (χ1) is 11.1. The summed E-state index contributed by atoms with van der Waals surface area (Å²) in [6.45, 7) is 6.54. The van der Waals surface area contributed by atoms with Gasteiger partial charge in [-0.05, 0) is 50.9 Å². The maximum absolute atomic E-state index is 12.5. The van der Waals surface area contributed by atoms with Crippen LogP contribution in [0.5, 0.6) is 0 Å². The minimum Gasteiger partial charge on any atom is -0.369 e. The summed E-state index contributed by atoms with van der Waals surface area (Å²) in [5, 5.41) is 3.34. The van der Waals surface area contributed by atoms with Crippen molar-refractivity contribution in [2.45, 2.75) is 43.5 Å². The molecule has 3 heterocycles. The number of nitrogens with zero attached hydrogens (tertiary/aromatic N) is 3. The van der Waals surface area contributed by atoms with Crippen LogP contribution in [0.4, 0.5) is 5.82 Å². The molecule has 3 rings (SSSR count). The number of hydrogen-bond donors (Lipinski definition) is 1. The smallest absolute Gasteiger partial charge is 0.244 e. The maximum Gasteiger partial charge on any atom is 0.244 e. The van der Waals surface area contributed by atoms with Crippen molar-refractivity contribution >= 4 is 15.8 Å². The van der Waals surface area contributed by atoms with Crippen LogP contribution in [-0.2, 0) is 10.0 Å². The van der Waals surface area contributed by atoms with Crippen LogP contribution in [0.1, 0.15) is 32.6 Å². The van der Waals surface area contributed by atoms with Gasteiger partial charge in [0.2, 0.25) is 10.0 Å². The molecule has 2 aliphatic rings. The summed E-state index contributed by atoms with van der Waals surface area (Å²) >= 11 is 0. The van der Waals surface area contributed by atoms with Gasteiger partial charge in [-0.15, -0.1) is 0 Å². The second kappa shape index (κ2) is 7.15. The Labute approximate surface area is 138 Å². The lowest BCUT2D eigenvalue weighted by Gasteiger charge is -2.23. The summed E-state index contributed by atoms with van der Waals surface area (Å²) in [5.41, 5.74) is 0. The average molecular weight is 338 g/mol. The highest BCUT2D eigenvalue weighted by atomic mass is 32.2. The fraction of sp³-hybridized carbons (Fsp3) is 0.688. The van der Waals surface area contributed by atoms with Crippen LogP contribution in [0.25, 0.3) is 0 Å². The molecule has 128 valence electrons. The van der Waals surface area contributed by atoms with Crippen molar-refractivity contribution in [1.82, 2.24) is 14.2 Å². The quantitative estimate of drug-likeness (QED) is 0.856. The van der Waals surface area contributed by atoms with Gasteiger partial charge >= 0.3 is 0 Å². The molecule has 1 aromatic rings. The normalized spacial score (nSPS) is 23.4. The lowest BCUT2D eigenvalue weighted by Crippen LogP contribution is -2.34. The molecule has 0 amide bonds. The Morgan fingerprint density at radius 1 is 1.22 bits per heavy atom. The van der Waals surface area contributed by atoms with Crippen molar-refractivity contribution in [3.63, 3.8) is 0 Å². The number of nitrogens with one attached hydrogen (secondary N) is 1. The zero-order valence-electron chi connectivity index (χ0n) is 13.7. The van der Waals surface area contributed by atoms with E-state index in [-0.39, 0.29) is 0 Å². The average Bonchev–Trinajstić information content (AvgIpc) is 3.24. The zero-order valence-corrected chi connectivity index (χ0v) is 14.6. The molecule has 7 heteroatoms. The molecule has 0 bridgehead atoms. The van der Waals surface area contributed by atoms with Crippen LogP contribution in [-0.4, -0.2) is 61.4 Å². The Kier molecular flexibility index (Phi) is 5.18. The SMILES string of the molecule is CCN1CCC[C@H]1CNc1ccc(S(=O)(=O)N2CCCC2)cn1. The summed E-state index contributed by atoms with van der Waals surface area (Å²) in [6.07, 6.45) is 5.83. The first-order valence-electron chi connectivity index (χ1n) is 8.55. The molecule has 0 aliphatic carbocycles. The van der Waals surface area contributed by atoms with Gasteiger partial charge < -0.3 is 5.32 Å². The fourth-order valence-corrected chi connectivity index (χ4v) is 4.94. The number of likely N-dealkylation sites (tertiary alicyclic amines) is 1. The monoisotopic (exact) mass is 338 g/mol. The van der Waals surface area contributed by atoms with E-state index in [1.807, 2.05) is 0 Å². The van der Waals surface area contributed by atoms with Gasteiger partial charge in [-0.1, -0.05) is 6.92 Å². The van der Waals surface area contributed by atoms with Crippen molar-refractivity contribution in [2.24, 2.45) is 0 Å². The molecule has 1 aromatic heterocycles. The molecule has 0 radical (unpaired) electrons. The van der Waals surface area contributed by atoms with Gasteiger partial charge in [0.15, 0.2) is 0 Å². The van der Waals surface area contributed by atoms with E-state index in [0.29, 0.717) is 24.0 Å². The van der Waals surface area contributed by atoms with E-state index in [0.717, 1.165) is 31.7 Å². The molecule has 2 aliphatic heterocycles. The minimum absolute atomic E-state index is 0.293. The Hall–Kier alpha value is -1.18. The number of pyridine rings is 1. The lowest BCUT2D eigenvalue weighted by atomic mass is 10.2. The predicted molar refractivity (Wildman–Crippen MR) is 91.0 cm³/mol. The highest BCUT2D eigenvalue weighted by Crippen LogP contribution is 2.21. The third-order valence-electron chi connectivity index (χ3n) is 4.86. The summed E-state index contributed by atoms with van der Waals surface area (Å²) < 4.78 is 26.5. The van der Waals surface area contributed by atoms with E-state index in [9.17, 15) is 8.42 Å². The largest absolute Gasteiger partial charge is 0.369 e. The van der Waals surface area contributed by atoms with Crippen molar-refractivity contribution in [3.8, 4) is 0 Å². The summed E-state index contributed by atoms with van der Waals surface area (Å²) in [7, 11) is -3.36. The van der Waals surface area contributed by atoms with E-state index < -0.39 is 10.0 Å². The van der Waals surface area contributed by atoms with Gasteiger partial charge in [-0.3, -0.25) is 4.90 Å². The molecular formula is C16H26N4O2S. The molecule has 0 aromatic carbocycles. The van der Waals surface area contributed by atoms with Crippen LogP contribution in [0, 0.1) is 0 Å². The summed E-state index contributed by atoms with van der Waals surface area (Å²) in [4.78, 5) is 7.06. The summed E-state index contributed by atoms with van der Waals surface area (Å²) in [5.74, 6) is 0.744. The van der Waals surface area contributed by atoms with E-state index in [4.69, 9.17) is 0 Å². The number of sulfonamides is 1. The maximum atomic E-state index is 12.5. The minimum atomic E-state index is -3.36. The molecule has 1 N–H and O–H groups in total. The van der Waals surface area contributed by atoms with Crippen molar-refractivity contribution < 1.29 is 8.42 Å². The van der Waals surface area contributed by atoms with Gasteiger partial charge in [0.05, 0.1) is 0 Å². The number of rotatable bonds is 6. The van der Waals surface area contributed by atoms with Crippen molar-refractivity contribution in [3.05, 3.63) is 18.3 Å². The van der Waals surface area contributed by atoms with Gasteiger partial charge in [0, 0.05) is 31.9 Å². The van der Waals surface area contributed by atoms with Gasteiger partial charge in [-0.25, -0.2) is 13.4 Å². The van der Waals surface area contributed by atoms with E-state index in [1.54, 1.807) is 16.4 Å². The third-order valence-corrected chi connectivity index (χ3v) is 6.75. The highest BCUT2D eigenvalue weighted by Gasteiger charge is 2.27. The van der Waals surface area contributed by atoms with Crippen LogP contribution in [0.15, 0.2) is 23.2 Å². The Morgan fingerprint density at radius 2 is 2.00 bits per heavy atom. The molecule has 0 spiro atoms. The zero-order chi connectivity index (χ0) is 16.3. The molecule has 1 atom stereocenters. The number of likely N-dealkylation sites (N-methyl/N-ethyl adjacent to an activating group) is 1. The molecule has 6 nitrogen and oxygen atoms in total. The summed E-state index contributed by atoms with van der Waals surface area (Å²) in [6, 6.07) is 3.98. The van der Waals surface area contributed by atoms with Crippen molar-refractivity contribution in [1.29, 1.82) is 0 Å². The third kappa shape index (κ3) is 3.67. The highest BCUT2D eigenvalue weighted by molar-refractivity contribution is 7.89. The molecular weight excluding hydrogens is 312 g/mol. The van der Waals surface area contributed by atoms with Gasteiger partial charge in [0.1, 0.15) is 10.7 Å². The van der Waals surface area contributed by atoms with Gasteiger partial charge in [-0.2, -0.15) is 4.31 Å². The number of anilines is 1. The first kappa shape index (κ1) is 16.7. The van der Waals surface area contributed by atoms with Crippen molar-refractivity contribution in [2.75, 3.05) is 38.0 Å². The number of hydrogen-bond acceptors (Lipinski definition) is 5. The molecule has 0 saturated carbocycles. The van der Waals surface area contributed by atoms with Gasteiger partial charge in [0.25, 0.3) is 0 Å².